The lowest BCUT2D eigenvalue weighted by Crippen LogP contribution is -2.02. The van der Waals surface area contributed by atoms with Crippen molar-refractivity contribution in [2.75, 3.05) is 7.11 Å². The fourth-order valence-electron chi connectivity index (χ4n) is 0.830. The maximum atomic E-state index is 10.5. The highest BCUT2D eigenvalue weighted by Crippen LogP contribution is 2.15. The molecule has 1 aromatic rings. The van der Waals surface area contributed by atoms with Gasteiger partial charge in [0.05, 0.1) is 12.7 Å². The Morgan fingerprint density at radius 2 is 2.38 bits per heavy atom. The van der Waals surface area contributed by atoms with E-state index in [0.717, 1.165) is 6.20 Å². The van der Waals surface area contributed by atoms with Crippen LogP contribution >= 0.6 is 0 Å². The van der Waals surface area contributed by atoms with Gasteiger partial charge in [-0.1, -0.05) is 0 Å². The van der Waals surface area contributed by atoms with Crippen molar-refractivity contribution in [2.45, 2.75) is 0 Å². The lowest BCUT2D eigenvalue weighted by Gasteiger charge is -2.02. The van der Waals surface area contributed by atoms with Crippen LogP contribution in [0, 0.1) is 0 Å². The number of aldehydes is 1. The lowest BCUT2D eigenvalue weighted by molar-refractivity contribution is 0.0689. The van der Waals surface area contributed by atoms with Crippen LogP contribution < -0.4 is 4.74 Å². The number of methoxy groups -OCH3 is 1. The third-order valence-corrected chi connectivity index (χ3v) is 1.46. The van der Waals surface area contributed by atoms with Gasteiger partial charge in [0.1, 0.15) is 5.75 Å². The summed E-state index contributed by atoms with van der Waals surface area (Å²) in [7, 11) is 1.36. The molecule has 0 aromatic carbocycles. The Morgan fingerprint density at radius 1 is 1.69 bits per heavy atom. The first-order chi connectivity index (χ1) is 6.19. The van der Waals surface area contributed by atoms with E-state index in [0.29, 0.717) is 6.29 Å². The number of hydrogen-bond donors (Lipinski definition) is 1. The molecule has 0 radical (unpaired) electrons. The van der Waals surface area contributed by atoms with Crippen LogP contribution in [-0.2, 0) is 0 Å². The lowest BCUT2D eigenvalue weighted by atomic mass is 10.2. The Balaban J connectivity index is 3.20. The fraction of sp³-hybridized carbons (Fsp3) is 0.125. The zero-order valence-corrected chi connectivity index (χ0v) is 6.85. The summed E-state index contributed by atoms with van der Waals surface area (Å²) >= 11 is 0. The van der Waals surface area contributed by atoms with E-state index in [1.54, 1.807) is 0 Å². The van der Waals surface area contributed by atoms with E-state index in [4.69, 9.17) is 9.84 Å². The number of carboxylic acid groups (broad SMARTS) is 1. The second-order valence-corrected chi connectivity index (χ2v) is 2.23. The molecule has 5 heteroatoms. The van der Waals surface area contributed by atoms with Gasteiger partial charge in [-0.3, -0.25) is 4.79 Å². The second kappa shape index (κ2) is 3.66. The SMILES string of the molecule is COc1cc(C(=O)O)ncc1C=O. The zero-order chi connectivity index (χ0) is 9.84. The molecule has 0 aliphatic carbocycles. The topological polar surface area (TPSA) is 76.5 Å². The van der Waals surface area contributed by atoms with Crippen LogP contribution in [0.2, 0.25) is 0 Å². The number of carboxylic acids is 1. The average Bonchev–Trinajstić information content (AvgIpc) is 2.16. The molecule has 1 heterocycles. The van der Waals surface area contributed by atoms with Crippen LogP contribution in [0.1, 0.15) is 20.8 Å². The molecule has 68 valence electrons. The molecule has 0 amide bonds. The summed E-state index contributed by atoms with van der Waals surface area (Å²) in [5, 5.41) is 8.56. The molecule has 0 atom stereocenters. The Bertz CT molecular complexity index is 348. The Labute approximate surface area is 74.0 Å². The van der Waals surface area contributed by atoms with Crippen LogP contribution in [0.3, 0.4) is 0 Å². The number of carbonyl (C=O) groups excluding carboxylic acids is 1. The Hall–Kier alpha value is -1.91. The molecule has 5 nitrogen and oxygen atoms in total. The molecule has 0 unspecified atom stereocenters. The number of nitrogens with zero attached hydrogens (tertiary/aromatic N) is 1. The van der Waals surface area contributed by atoms with Crippen molar-refractivity contribution in [3.05, 3.63) is 23.5 Å². The van der Waals surface area contributed by atoms with Crippen LogP contribution in [-0.4, -0.2) is 29.5 Å². The minimum atomic E-state index is -1.16. The van der Waals surface area contributed by atoms with Crippen molar-refractivity contribution in [3.8, 4) is 5.75 Å². The van der Waals surface area contributed by atoms with Gasteiger partial charge in [0.15, 0.2) is 12.0 Å². The number of aromatic nitrogens is 1. The van der Waals surface area contributed by atoms with Crippen molar-refractivity contribution in [1.82, 2.24) is 4.98 Å². The quantitative estimate of drug-likeness (QED) is 0.691. The van der Waals surface area contributed by atoms with Gasteiger partial charge in [0.25, 0.3) is 0 Å². The molecule has 0 aliphatic heterocycles. The summed E-state index contributed by atoms with van der Waals surface area (Å²) in [6, 6.07) is 1.20. The van der Waals surface area contributed by atoms with Gasteiger partial charge in [-0.15, -0.1) is 0 Å². The molecule has 1 aromatic heterocycles. The van der Waals surface area contributed by atoms with Crippen LogP contribution in [0.5, 0.6) is 5.75 Å². The van der Waals surface area contributed by atoms with Crippen molar-refractivity contribution >= 4 is 12.3 Å². The Kier molecular flexibility index (Phi) is 2.59. The molecule has 0 spiro atoms. The number of ether oxygens (including phenoxy) is 1. The van der Waals surface area contributed by atoms with Crippen molar-refractivity contribution in [1.29, 1.82) is 0 Å². The third kappa shape index (κ3) is 1.81. The summed E-state index contributed by atoms with van der Waals surface area (Å²) in [6.07, 6.45) is 1.72. The van der Waals surface area contributed by atoms with Gasteiger partial charge < -0.3 is 9.84 Å². The molecule has 1 N–H and O–H groups in total. The van der Waals surface area contributed by atoms with Crippen LogP contribution in [0.25, 0.3) is 0 Å². The highest BCUT2D eigenvalue weighted by molar-refractivity contribution is 5.87. The fourth-order valence-corrected chi connectivity index (χ4v) is 0.830. The number of aromatic carboxylic acids is 1. The van der Waals surface area contributed by atoms with E-state index < -0.39 is 5.97 Å². The summed E-state index contributed by atoms with van der Waals surface area (Å²) in [4.78, 5) is 24.4. The van der Waals surface area contributed by atoms with E-state index >= 15 is 0 Å². The summed E-state index contributed by atoms with van der Waals surface area (Å²) in [5.41, 5.74) is 0.0787. The number of pyridine rings is 1. The highest BCUT2D eigenvalue weighted by Gasteiger charge is 2.09. The summed E-state index contributed by atoms with van der Waals surface area (Å²) in [5.74, 6) is -0.946. The minimum absolute atomic E-state index is 0.151. The van der Waals surface area contributed by atoms with Gasteiger partial charge in [-0.25, -0.2) is 9.78 Å². The van der Waals surface area contributed by atoms with E-state index in [1.165, 1.54) is 13.2 Å². The van der Waals surface area contributed by atoms with E-state index in [9.17, 15) is 9.59 Å². The Morgan fingerprint density at radius 3 is 2.85 bits per heavy atom. The average molecular weight is 181 g/mol. The standard InChI is InChI=1S/C8H7NO4/c1-13-7-2-6(8(11)12)9-3-5(7)4-10/h2-4H,1H3,(H,11,12). The maximum Gasteiger partial charge on any atom is 0.354 e. The molecule has 0 bridgehead atoms. The normalized spacial score (nSPS) is 9.31. The largest absolute Gasteiger partial charge is 0.496 e. The smallest absolute Gasteiger partial charge is 0.354 e. The third-order valence-electron chi connectivity index (χ3n) is 1.46. The first kappa shape index (κ1) is 9.18. The summed E-state index contributed by atoms with van der Waals surface area (Å²) < 4.78 is 4.79. The van der Waals surface area contributed by atoms with Gasteiger partial charge in [0.2, 0.25) is 0 Å². The molecule has 0 fully saturated rings. The first-order valence-electron chi connectivity index (χ1n) is 3.41. The van der Waals surface area contributed by atoms with Gasteiger partial charge in [0, 0.05) is 12.3 Å². The van der Waals surface area contributed by atoms with Gasteiger partial charge in [-0.2, -0.15) is 0 Å². The number of carbonyl (C=O) groups is 2. The van der Waals surface area contributed by atoms with Gasteiger partial charge >= 0.3 is 5.97 Å². The predicted octanol–water partition coefficient (Wildman–Crippen LogP) is 0.601. The number of hydrogen-bond acceptors (Lipinski definition) is 4. The van der Waals surface area contributed by atoms with Crippen LogP contribution in [0.4, 0.5) is 0 Å². The first-order valence-corrected chi connectivity index (χ1v) is 3.41. The van der Waals surface area contributed by atoms with Crippen molar-refractivity contribution < 1.29 is 19.4 Å². The molecule has 0 saturated carbocycles. The van der Waals surface area contributed by atoms with E-state index in [-0.39, 0.29) is 17.0 Å². The second-order valence-electron chi connectivity index (χ2n) is 2.23. The predicted molar refractivity (Wildman–Crippen MR) is 43.1 cm³/mol. The molecule has 13 heavy (non-hydrogen) atoms. The molecule has 0 aliphatic rings. The minimum Gasteiger partial charge on any atom is -0.496 e. The molecule has 0 saturated heterocycles. The monoisotopic (exact) mass is 181 g/mol. The highest BCUT2D eigenvalue weighted by atomic mass is 16.5. The van der Waals surface area contributed by atoms with E-state index in [2.05, 4.69) is 4.98 Å². The van der Waals surface area contributed by atoms with Crippen LogP contribution in [0.15, 0.2) is 12.3 Å². The number of rotatable bonds is 3. The molecular formula is C8H7NO4. The maximum absolute atomic E-state index is 10.5. The summed E-state index contributed by atoms with van der Waals surface area (Å²) in [6.45, 7) is 0. The van der Waals surface area contributed by atoms with Crippen molar-refractivity contribution in [2.24, 2.45) is 0 Å². The molecule has 1 rings (SSSR count). The zero-order valence-electron chi connectivity index (χ0n) is 6.85. The van der Waals surface area contributed by atoms with Crippen molar-refractivity contribution in [3.63, 3.8) is 0 Å². The van der Waals surface area contributed by atoms with E-state index in [1.807, 2.05) is 0 Å². The van der Waals surface area contributed by atoms with Gasteiger partial charge in [-0.05, 0) is 0 Å². The molecular weight excluding hydrogens is 174 g/mol.